The molecule has 100 valence electrons. The highest BCUT2D eigenvalue weighted by Gasteiger charge is 2.10. The molecule has 0 aromatic heterocycles. The van der Waals surface area contributed by atoms with Crippen LogP contribution in [0.15, 0.2) is 30.3 Å². The van der Waals surface area contributed by atoms with E-state index in [1.807, 2.05) is 0 Å². The molecule has 0 radical (unpaired) electrons. The first kappa shape index (κ1) is 14.1. The third-order valence-corrected chi connectivity index (χ3v) is 6.72. The van der Waals surface area contributed by atoms with Gasteiger partial charge in [0.2, 0.25) is 0 Å². The van der Waals surface area contributed by atoms with Gasteiger partial charge in [-0.05, 0) is 30.5 Å². The van der Waals surface area contributed by atoms with E-state index in [1.165, 1.54) is 70.1 Å². The molecule has 0 saturated carbocycles. The fourth-order valence-corrected chi connectivity index (χ4v) is 5.40. The Balaban J connectivity index is 1.89. The summed E-state index contributed by atoms with van der Waals surface area (Å²) in [5.41, 5.74) is 0. The minimum Gasteiger partial charge on any atom is -0.0753 e. The molecule has 0 unspecified atom stereocenters. The Labute approximate surface area is 114 Å². The van der Waals surface area contributed by atoms with Crippen LogP contribution < -0.4 is 5.30 Å². The van der Waals surface area contributed by atoms with E-state index in [1.54, 1.807) is 5.30 Å². The van der Waals surface area contributed by atoms with Crippen molar-refractivity contribution in [3.63, 3.8) is 0 Å². The zero-order chi connectivity index (χ0) is 12.5. The summed E-state index contributed by atoms with van der Waals surface area (Å²) in [6.07, 6.45) is 16.2. The van der Waals surface area contributed by atoms with Crippen molar-refractivity contribution >= 4 is 13.2 Å². The number of benzene rings is 1. The van der Waals surface area contributed by atoms with Gasteiger partial charge in [0.05, 0.1) is 0 Å². The molecule has 1 saturated heterocycles. The van der Waals surface area contributed by atoms with Crippen molar-refractivity contribution in [3.8, 4) is 0 Å². The normalized spacial score (nSPS) is 20.9. The van der Waals surface area contributed by atoms with Gasteiger partial charge >= 0.3 is 0 Å². The van der Waals surface area contributed by atoms with Crippen LogP contribution in [-0.2, 0) is 0 Å². The highest BCUT2D eigenvalue weighted by atomic mass is 31.1. The van der Waals surface area contributed by atoms with Gasteiger partial charge < -0.3 is 0 Å². The van der Waals surface area contributed by atoms with Crippen LogP contribution in [0.4, 0.5) is 0 Å². The number of rotatable bonds is 1. The third kappa shape index (κ3) is 5.11. The second kappa shape index (κ2) is 8.70. The molecule has 1 fully saturated rings. The van der Waals surface area contributed by atoms with E-state index in [2.05, 4.69) is 30.3 Å². The summed E-state index contributed by atoms with van der Waals surface area (Å²) >= 11 is 0. The van der Waals surface area contributed by atoms with Crippen LogP contribution in [0.25, 0.3) is 0 Å². The van der Waals surface area contributed by atoms with Crippen molar-refractivity contribution in [2.24, 2.45) is 0 Å². The Morgan fingerprint density at radius 1 is 0.556 bits per heavy atom. The highest BCUT2D eigenvalue weighted by Crippen LogP contribution is 2.37. The summed E-state index contributed by atoms with van der Waals surface area (Å²) in [5, 5.41) is 1.64. The first-order valence-corrected chi connectivity index (χ1v) is 9.48. The lowest BCUT2D eigenvalue weighted by atomic mass is 10.1. The van der Waals surface area contributed by atoms with E-state index in [0.717, 1.165) is 0 Å². The average molecular weight is 262 g/mol. The van der Waals surface area contributed by atoms with E-state index in [0.29, 0.717) is 0 Å². The minimum absolute atomic E-state index is 0.140. The van der Waals surface area contributed by atoms with Crippen LogP contribution in [0.5, 0.6) is 0 Å². The van der Waals surface area contributed by atoms with E-state index in [9.17, 15) is 0 Å². The molecule has 0 amide bonds. The van der Waals surface area contributed by atoms with Crippen molar-refractivity contribution in [2.75, 3.05) is 12.3 Å². The van der Waals surface area contributed by atoms with Gasteiger partial charge in [-0.1, -0.05) is 83.2 Å². The van der Waals surface area contributed by atoms with Gasteiger partial charge in [-0.15, -0.1) is 0 Å². The second-order valence-electron chi connectivity index (χ2n) is 5.50. The maximum atomic E-state index is 2.36. The summed E-state index contributed by atoms with van der Waals surface area (Å²) in [4.78, 5) is 0. The Hall–Kier alpha value is -0.350. The molecule has 0 aliphatic carbocycles. The predicted molar refractivity (Wildman–Crippen MR) is 84.3 cm³/mol. The largest absolute Gasteiger partial charge is 0.0753 e. The monoisotopic (exact) mass is 262 g/mol. The molecule has 1 aromatic rings. The average Bonchev–Trinajstić information content (AvgIpc) is 2.40. The van der Waals surface area contributed by atoms with E-state index >= 15 is 0 Å². The maximum absolute atomic E-state index is 2.36. The molecule has 1 aliphatic heterocycles. The quantitative estimate of drug-likeness (QED) is 0.601. The topological polar surface area (TPSA) is 0 Å². The fourth-order valence-electron chi connectivity index (χ4n) is 2.85. The van der Waals surface area contributed by atoms with Gasteiger partial charge in [-0.25, -0.2) is 0 Å². The first-order chi connectivity index (χ1) is 8.97. The van der Waals surface area contributed by atoms with E-state index in [-0.39, 0.29) is 7.92 Å². The summed E-state index contributed by atoms with van der Waals surface area (Å²) in [5.74, 6) is 0. The maximum Gasteiger partial charge on any atom is -0.0240 e. The van der Waals surface area contributed by atoms with Crippen molar-refractivity contribution in [2.45, 2.75) is 57.8 Å². The SMILES string of the molecule is c1ccc(P2CCCCCCCCCCC2)cc1. The Kier molecular flexibility index (Phi) is 6.80. The van der Waals surface area contributed by atoms with Crippen molar-refractivity contribution < 1.29 is 0 Å². The zero-order valence-electron chi connectivity index (χ0n) is 11.6. The molecule has 1 heterocycles. The molecule has 2 rings (SSSR count). The fraction of sp³-hybridized carbons (Fsp3) is 0.647. The van der Waals surface area contributed by atoms with Crippen LogP contribution in [0.3, 0.4) is 0 Å². The lowest BCUT2D eigenvalue weighted by Gasteiger charge is -2.19. The van der Waals surface area contributed by atoms with Crippen LogP contribution in [0.1, 0.15) is 57.8 Å². The molecule has 0 spiro atoms. The minimum atomic E-state index is 0.140. The molecule has 0 bridgehead atoms. The summed E-state index contributed by atoms with van der Waals surface area (Å²) in [7, 11) is 0.140. The van der Waals surface area contributed by atoms with Gasteiger partial charge in [0.1, 0.15) is 0 Å². The summed E-state index contributed by atoms with van der Waals surface area (Å²) in [6.45, 7) is 0. The molecule has 0 atom stereocenters. The molecule has 1 aromatic carbocycles. The van der Waals surface area contributed by atoms with Gasteiger partial charge in [-0.2, -0.15) is 0 Å². The molecule has 1 aliphatic rings. The molecular formula is C17H27P. The smallest absolute Gasteiger partial charge is 0.0240 e. The lowest BCUT2D eigenvalue weighted by Crippen LogP contribution is -2.06. The van der Waals surface area contributed by atoms with Crippen molar-refractivity contribution in [1.82, 2.24) is 0 Å². The molecule has 18 heavy (non-hydrogen) atoms. The van der Waals surface area contributed by atoms with Gasteiger partial charge in [0.15, 0.2) is 0 Å². The lowest BCUT2D eigenvalue weighted by molar-refractivity contribution is 0.570. The summed E-state index contributed by atoms with van der Waals surface area (Å²) < 4.78 is 0. The molecule has 1 heteroatoms. The van der Waals surface area contributed by atoms with Crippen LogP contribution in [0.2, 0.25) is 0 Å². The van der Waals surface area contributed by atoms with Gasteiger partial charge in [0.25, 0.3) is 0 Å². The molecule has 0 N–H and O–H groups in total. The van der Waals surface area contributed by atoms with Crippen molar-refractivity contribution in [3.05, 3.63) is 30.3 Å². The van der Waals surface area contributed by atoms with Crippen LogP contribution in [-0.4, -0.2) is 12.3 Å². The zero-order valence-corrected chi connectivity index (χ0v) is 12.5. The number of hydrogen-bond acceptors (Lipinski definition) is 0. The van der Waals surface area contributed by atoms with Crippen LogP contribution >= 0.6 is 7.92 Å². The predicted octanol–water partition coefficient (Wildman–Crippen LogP) is 5.32. The van der Waals surface area contributed by atoms with Crippen LogP contribution in [0, 0.1) is 0 Å². The van der Waals surface area contributed by atoms with Gasteiger partial charge in [0, 0.05) is 0 Å². The van der Waals surface area contributed by atoms with Crippen molar-refractivity contribution in [1.29, 1.82) is 0 Å². The Bertz CT molecular complexity index is 295. The highest BCUT2D eigenvalue weighted by molar-refractivity contribution is 7.65. The Morgan fingerprint density at radius 2 is 1.00 bits per heavy atom. The standard InChI is InChI=1S/C17H27P/c1-2-4-6-11-15-18(16-12-7-5-3-1)17-13-9-8-10-14-17/h8-10,13-14H,1-7,11-12,15-16H2. The first-order valence-electron chi connectivity index (χ1n) is 7.77. The second-order valence-corrected chi connectivity index (χ2v) is 8.00. The number of hydrogen-bond donors (Lipinski definition) is 0. The Morgan fingerprint density at radius 3 is 1.50 bits per heavy atom. The van der Waals surface area contributed by atoms with E-state index in [4.69, 9.17) is 0 Å². The van der Waals surface area contributed by atoms with Gasteiger partial charge in [-0.3, -0.25) is 0 Å². The molecular weight excluding hydrogens is 235 g/mol. The summed E-state index contributed by atoms with van der Waals surface area (Å²) in [6, 6.07) is 11.3. The molecule has 0 nitrogen and oxygen atoms in total. The third-order valence-electron chi connectivity index (χ3n) is 3.98. The van der Waals surface area contributed by atoms with E-state index < -0.39 is 0 Å².